The van der Waals surface area contributed by atoms with E-state index in [0.717, 1.165) is 37.2 Å². The van der Waals surface area contributed by atoms with E-state index >= 15 is 0 Å². The number of ether oxygens (including phenoxy) is 1. The summed E-state index contributed by atoms with van der Waals surface area (Å²) in [7, 11) is 0. The molecule has 0 aliphatic carbocycles. The highest BCUT2D eigenvalue weighted by atomic mass is 16.5. The number of rotatable bonds is 8. The van der Waals surface area contributed by atoms with Crippen LogP contribution in [-0.2, 0) is 4.74 Å². The first-order valence-corrected chi connectivity index (χ1v) is 6.70. The molecule has 1 rings (SSSR count). The second-order valence-electron chi connectivity index (χ2n) is 4.89. The first-order chi connectivity index (χ1) is 9.00. The van der Waals surface area contributed by atoms with E-state index in [1.165, 1.54) is 0 Å². The molecule has 0 heterocycles. The Morgan fingerprint density at radius 3 is 2.68 bits per heavy atom. The third-order valence-corrected chi connectivity index (χ3v) is 2.81. The number of nitrogens with one attached hydrogen (secondary N) is 1. The molecule has 1 aromatic rings. The van der Waals surface area contributed by atoms with Crippen molar-refractivity contribution in [3.05, 3.63) is 29.3 Å². The summed E-state index contributed by atoms with van der Waals surface area (Å²) in [6.07, 6.45) is 2.35. The molecular weight excluding hydrogens is 242 g/mol. The maximum atomic E-state index is 10.8. The van der Waals surface area contributed by atoms with Crippen molar-refractivity contribution in [2.75, 3.05) is 18.5 Å². The van der Waals surface area contributed by atoms with Gasteiger partial charge in [0.2, 0.25) is 0 Å². The van der Waals surface area contributed by atoms with Crippen molar-refractivity contribution in [3.8, 4) is 0 Å². The number of carboxylic acids is 1. The third kappa shape index (κ3) is 5.75. The van der Waals surface area contributed by atoms with Gasteiger partial charge in [-0.1, -0.05) is 0 Å². The molecule has 0 fully saturated rings. The maximum absolute atomic E-state index is 10.8. The Morgan fingerprint density at radius 1 is 1.37 bits per heavy atom. The largest absolute Gasteiger partial charge is 0.478 e. The fourth-order valence-electron chi connectivity index (χ4n) is 1.76. The number of hydrogen-bond donors (Lipinski definition) is 2. The van der Waals surface area contributed by atoms with Crippen molar-refractivity contribution in [2.45, 2.75) is 39.7 Å². The van der Waals surface area contributed by atoms with Crippen molar-refractivity contribution >= 4 is 11.7 Å². The van der Waals surface area contributed by atoms with E-state index < -0.39 is 5.97 Å². The standard InChI is InChI=1S/C15H23NO3/c1-11(2)19-9-5-4-8-16-14-7-6-13(15(17)18)10-12(14)3/h6-7,10-11,16H,4-5,8-9H2,1-3H3,(H,17,18). The molecule has 0 aromatic heterocycles. The molecular formula is C15H23NO3. The van der Waals surface area contributed by atoms with E-state index in [4.69, 9.17) is 9.84 Å². The Balaban J connectivity index is 2.32. The van der Waals surface area contributed by atoms with Crippen LogP contribution in [0.3, 0.4) is 0 Å². The minimum atomic E-state index is -0.888. The lowest BCUT2D eigenvalue weighted by Gasteiger charge is -2.11. The van der Waals surface area contributed by atoms with Gasteiger partial charge in [0.1, 0.15) is 0 Å². The molecule has 0 spiro atoms. The molecule has 1 aromatic carbocycles. The summed E-state index contributed by atoms with van der Waals surface area (Å²) < 4.78 is 5.47. The van der Waals surface area contributed by atoms with Gasteiger partial charge in [-0.3, -0.25) is 0 Å². The van der Waals surface area contributed by atoms with E-state index in [9.17, 15) is 4.79 Å². The van der Waals surface area contributed by atoms with Gasteiger partial charge in [0, 0.05) is 18.8 Å². The predicted octanol–water partition coefficient (Wildman–Crippen LogP) is 3.31. The normalized spacial score (nSPS) is 10.7. The van der Waals surface area contributed by atoms with Gasteiger partial charge in [0.05, 0.1) is 11.7 Å². The van der Waals surface area contributed by atoms with Crippen LogP contribution in [0.15, 0.2) is 18.2 Å². The maximum Gasteiger partial charge on any atom is 0.335 e. The first-order valence-electron chi connectivity index (χ1n) is 6.70. The van der Waals surface area contributed by atoms with Crippen molar-refractivity contribution in [3.63, 3.8) is 0 Å². The quantitative estimate of drug-likeness (QED) is 0.708. The lowest BCUT2D eigenvalue weighted by atomic mass is 10.1. The summed E-state index contributed by atoms with van der Waals surface area (Å²) in [4.78, 5) is 10.8. The summed E-state index contributed by atoms with van der Waals surface area (Å²) in [5.41, 5.74) is 2.28. The summed E-state index contributed by atoms with van der Waals surface area (Å²) in [6.45, 7) is 7.64. The molecule has 0 saturated heterocycles. The SMILES string of the molecule is Cc1cc(C(=O)O)ccc1NCCCCOC(C)C. The second-order valence-corrected chi connectivity index (χ2v) is 4.89. The lowest BCUT2D eigenvalue weighted by molar-refractivity contribution is 0.0696. The zero-order valence-corrected chi connectivity index (χ0v) is 11.9. The first kappa shape index (κ1) is 15.5. The van der Waals surface area contributed by atoms with Crippen molar-refractivity contribution in [2.24, 2.45) is 0 Å². The van der Waals surface area contributed by atoms with Gasteiger partial charge in [0.15, 0.2) is 0 Å². The average molecular weight is 265 g/mol. The van der Waals surface area contributed by atoms with Crippen molar-refractivity contribution < 1.29 is 14.6 Å². The monoisotopic (exact) mass is 265 g/mol. The highest BCUT2D eigenvalue weighted by Gasteiger charge is 2.05. The molecule has 0 atom stereocenters. The van der Waals surface area contributed by atoms with Crippen LogP contribution in [0.25, 0.3) is 0 Å². The van der Waals surface area contributed by atoms with E-state index in [-0.39, 0.29) is 0 Å². The number of benzene rings is 1. The van der Waals surface area contributed by atoms with Gasteiger partial charge in [-0.2, -0.15) is 0 Å². The van der Waals surface area contributed by atoms with Gasteiger partial charge in [-0.25, -0.2) is 4.79 Å². The van der Waals surface area contributed by atoms with Gasteiger partial charge < -0.3 is 15.2 Å². The van der Waals surface area contributed by atoms with Gasteiger partial charge in [-0.15, -0.1) is 0 Å². The van der Waals surface area contributed by atoms with E-state index in [0.29, 0.717) is 11.7 Å². The molecule has 2 N–H and O–H groups in total. The van der Waals surface area contributed by atoms with Crippen LogP contribution < -0.4 is 5.32 Å². The summed E-state index contributed by atoms with van der Waals surface area (Å²) in [5, 5.41) is 12.2. The van der Waals surface area contributed by atoms with E-state index in [2.05, 4.69) is 5.32 Å². The topological polar surface area (TPSA) is 58.6 Å². The number of aryl methyl sites for hydroxylation is 1. The van der Waals surface area contributed by atoms with Crippen molar-refractivity contribution in [1.82, 2.24) is 0 Å². The zero-order chi connectivity index (χ0) is 14.3. The summed E-state index contributed by atoms with van der Waals surface area (Å²) in [5.74, 6) is -0.888. The smallest absolute Gasteiger partial charge is 0.335 e. The molecule has 0 bridgehead atoms. The van der Waals surface area contributed by atoms with Gasteiger partial charge in [0.25, 0.3) is 0 Å². The van der Waals surface area contributed by atoms with Crippen LogP contribution >= 0.6 is 0 Å². The van der Waals surface area contributed by atoms with Crippen LogP contribution in [0.2, 0.25) is 0 Å². The van der Waals surface area contributed by atoms with E-state index in [1.807, 2.05) is 26.8 Å². The number of carbonyl (C=O) groups is 1. The molecule has 0 aliphatic heterocycles. The van der Waals surface area contributed by atoms with Gasteiger partial charge in [-0.05, 0) is 57.4 Å². The Morgan fingerprint density at radius 2 is 2.11 bits per heavy atom. The molecule has 0 radical (unpaired) electrons. The molecule has 0 aliphatic rings. The van der Waals surface area contributed by atoms with Crippen molar-refractivity contribution in [1.29, 1.82) is 0 Å². The minimum Gasteiger partial charge on any atom is -0.478 e. The fourth-order valence-corrected chi connectivity index (χ4v) is 1.76. The number of anilines is 1. The Bertz CT molecular complexity index is 416. The summed E-state index contributed by atoms with van der Waals surface area (Å²) >= 11 is 0. The van der Waals surface area contributed by atoms with Crippen LogP contribution in [0.5, 0.6) is 0 Å². The molecule has 4 nitrogen and oxygen atoms in total. The highest BCUT2D eigenvalue weighted by Crippen LogP contribution is 2.16. The van der Waals surface area contributed by atoms with Crippen LogP contribution in [0, 0.1) is 6.92 Å². The van der Waals surface area contributed by atoms with Crippen LogP contribution in [-0.4, -0.2) is 30.3 Å². The third-order valence-electron chi connectivity index (χ3n) is 2.81. The lowest BCUT2D eigenvalue weighted by Crippen LogP contribution is -2.08. The van der Waals surface area contributed by atoms with Gasteiger partial charge >= 0.3 is 5.97 Å². The fraction of sp³-hybridized carbons (Fsp3) is 0.533. The number of carboxylic acid groups (broad SMARTS) is 1. The molecule has 0 unspecified atom stereocenters. The Kier molecular flexibility index (Phi) is 6.36. The molecule has 106 valence electrons. The number of unbranched alkanes of at least 4 members (excludes halogenated alkanes) is 1. The number of aromatic carboxylic acids is 1. The Hall–Kier alpha value is -1.55. The van der Waals surface area contributed by atoms with Crippen LogP contribution in [0.1, 0.15) is 42.6 Å². The second kappa shape index (κ2) is 7.79. The highest BCUT2D eigenvalue weighted by molar-refractivity contribution is 5.88. The predicted molar refractivity (Wildman–Crippen MR) is 77.0 cm³/mol. The molecule has 0 amide bonds. The summed E-state index contributed by atoms with van der Waals surface area (Å²) in [6, 6.07) is 5.13. The van der Waals surface area contributed by atoms with Crippen LogP contribution in [0.4, 0.5) is 5.69 Å². The molecule has 0 saturated carbocycles. The Labute approximate surface area is 114 Å². The minimum absolute atomic E-state index is 0.291. The number of hydrogen-bond acceptors (Lipinski definition) is 3. The molecule has 4 heteroatoms. The molecule has 19 heavy (non-hydrogen) atoms. The zero-order valence-electron chi connectivity index (χ0n) is 11.9. The van der Waals surface area contributed by atoms with E-state index in [1.54, 1.807) is 12.1 Å². The average Bonchev–Trinajstić information content (AvgIpc) is 2.34.